The Morgan fingerprint density at radius 2 is 1.55 bits per heavy atom. The summed E-state index contributed by atoms with van der Waals surface area (Å²) in [5, 5.41) is 8.75. The van der Waals surface area contributed by atoms with Gasteiger partial charge < -0.3 is 20.7 Å². The van der Waals surface area contributed by atoms with Gasteiger partial charge in [0.15, 0.2) is 6.10 Å². The number of amides is 3. The first kappa shape index (κ1) is 30.5. The van der Waals surface area contributed by atoms with Crippen LogP contribution in [0.4, 0.5) is 0 Å². The van der Waals surface area contributed by atoms with E-state index in [4.69, 9.17) is 4.74 Å². The van der Waals surface area contributed by atoms with E-state index in [0.29, 0.717) is 17.7 Å². The number of benzene rings is 3. The van der Waals surface area contributed by atoms with Gasteiger partial charge in [-0.25, -0.2) is 0 Å². The van der Waals surface area contributed by atoms with Gasteiger partial charge in [0.1, 0.15) is 17.8 Å². The number of nitrogens with one attached hydrogen (secondary N) is 3. The van der Waals surface area contributed by atoms with Crippen molar-refractivity contribution >= 4 is 23.8 Å². The fraction of sp³-hybridized carbons (Fsp3) is 0.324. The summed E-state index contributed by atoms with van der Waals surface area (Å²) in [5.41, 5.74) is 2.47. The molecule has 3 N–H and O–H groups in total. The van der Waals surface area contributed by atoms with Gasteiger partial charge >= 0.3 is 0 Å². The van der Waals surface area contributed by atoms with Crippen LogP contribution in [0.2, 0.25) is 0 Å². The Morgan fingerprint density at radius 3 is 2.17 bits per heavy atom. The summed E-state index contributed by atoms with van der Waals surface area (Å²) >= 11 is 0. The van der Waals surface area contributed by atoms with E-state index in [2.05, 4.69) is 29.8 Å². The smallest absolute Gasteiger partial charge is 0.247 e. The summed E-state index contributed by atoms with van der Waals surface area (Å²) in [7, 11) is 3.70. The Labute approximate surface area is 248 Å². The predicted molar refractivity (Wildman–Crippen MR) is 164 cm³/mol. The van der Waals surface area contributed by atoms with Crippen LogP contribution in [-0.2, 0) is 20.8 Å². The number of hydrogen-bond acceptors (Lipinski definition) is 5. The van der Waals surface area contributed by atoms with Gasteiger partial charge in [0.05, 0.1) is 6.04 Å². The fourth-order valence-corrected chi connectivity index (χ4v) is 4.94. The number of carbonyl (C=O) groups excluding carboxylic acids is 3. The number of carbonyl (C=O) groups is 3. The van der Waals surface area contributed by atoms with Crippen LogP contribution in [0.3, 0.4) is 0 Å². The topological polar surface area (TPSA) is 99.8 Å². The highest BCUT2D eigenvalue weighted by atomic mass is 16.5. The second kappa shape index (κ2) is 14.5. The van der Waals surface area contributed by atoms with Crippen molar-refractivity contribution in [3.05, 3.63) is 108 Å². The average Bonchev–Trinajstić information content (AvgIpc) is 2.98. The summed E-state index contributed by atoms with van der Waals surface area (Å²) in [6, 6.07) is 23.7. The Morgan fingerprint density at radius 1 is 0.905 bits per heavy atom. The monoisotopic (exact) mass is 568 g/mol. The van der Waals surface area contributed by atoms with E-state index in [9.17, 15) is 14.4 Å². The van der Waals surface area contributed by atoms with E-state index in [1.54, 1.807) is 24.4 Å². The summed E-state index contributed by atoms with van der Waals surface area (Å²) in [6.07, 6.45) is 3.35. The SMILES string of the molecule is CC(C)CC(C(=O)NC1C(=O)NC(Cc2ccccc2)C(=O)NC=Cc2ccc(cc2)OC1c1ccccc1)N(C)C. The number of likely N-dealkylation sites (N-methyl/N-ethyl adjacent to an activating group) is 1. The van der Waals surface area contributed by atoms with Crippen molar-refractivity contribution in [2.45, 2.75) is 50.9 Å². The van der Waals surface area contributed by atoms with Crippen LogP contribution in [0.15, 0.2) is 91.1 Å². The Hall–Kier alpha value is -4.43. The molecule has 0 spiro atoms. The molecule has 42 heavy (non-hydrogen) atoms. The van der Waals surface area contributed by atoms with Crippen molar-refractivity contribution in [2.24, 2.45) is 5.92 Å². The largest absolute Gasteiger partial charge is 0.483 e. The molecule has 2 heterocycles. The third kappa shape index (κ3) is 8.30. The van der Waals surface area contributed by atoms with Gasteiger partial charge in [0.2, 0.25) is 17.7 Å². The normalized spacial score (nSPS) is 19.9. The third-order valence-corrected chi connectivity index (χ3v) is 7.19. The number of hydrogen-bond donors (Lipinski definition) is 3. The zero-order chi connectivity index (χ0) is 30.1. The van der Waals surface area contributed by atoms with Crippen molar-refractivity contribution in [3.8, 4) is 5.75 Å². The van der Waals surface area contributed by atoms with Gasteiger partial charge in [-0.1, -0.05) is 86.6 Å². The second-order valence-corrected chi connectivity index (χ2v) is 11.2. The highest BCUT2D eigenvalue weighted by molar-refractivity contribution is 5.94. The summed E-state index contributed by atoms with van der Waals surface area (Å²) in [6.45, 7) is 4.11. The molecule has 0 saturated heterocycles. The third-order valence-electron chi connectivity index (χ3n) is 7.19. The molecule has 2 aliphatic rings. The predicted octanol–water partition coefficient (Wildman–Crippen LogP) is 4.10. The van der Waals surface area contributed by atoms with Gasteiger partial charge in [0, 0.05) is 12.6 Å². The zero-order valence-corrected chi connectivity index (χ0v) is 24.6. The molecule has 3 amide bonds. The highest BCUT2D eigenvalue weighted by Gasteiger charge is 2.37. The molecular formula is C34H40N4O4. The molecular weight excluding hydrogens is 528 g/mol. The van der Waals surface area contributed by atoms with Crippen LogP contribution in [0.25, 0.3) is 6.08 Å². The molecule has 2 aliphatic heterocycles. The van der Waals surface area contributed by atoms with Crippen molar-refractivity contribution < 1.29 is 19.1 Å². The van der Waals surface area contributed by atoms with E-state index in [-0.39, 0.29) is 24.2 Å². The molecule has 4 unspecified atom stereocenters. The molecule has 8 nitrogen and oxygen atoms in total. The first-order valence-electron chi connectivity index (χ1n) is 14.3. The summed E-state index contributed by atoms with van der Waals surface area (Å²) in [4.78, 5) is 43.2. The maximum atomic E-state index is 14.2. The lowest BCUT2D eigenvalue weighted by Crippen LogP contribution is -2.58. The van der Waals surface area contributed by atoms with Gasteiger partial charge in [-0.15, -0.1) is 0 Å². The fourth-order valence-electron chi connectivity index (χ4n) is 4.94. The molecule has 3 aromatic rings. The van der Waals surface area contributed by atoms with E-state index in [0.717, 1.165) is 11.1 Å². The van der Waals surface area contributed by atoms with Gasteiger partial charge in [-0.3, -0.25) is 19.3 Å². The molecule has 3 aromatic carbocycles. The molecule has 5 rings (SSSR count). The lowest BCUT2D eigenvalue weighted by atomic mass is 9.97. The minimum absolute atomic E-state index is 0.257. The highest BCUT2D eigenvalue weighted by Crippen LogP contribution is 2.27. The van der Waals surface area contributed by atoms with Crippen molar-refractivity contribution in [3.63, 3.8) is 0 Å². The van der Waals surface area contributed by atoms with Crippen LogP contribution >= 0.6 is 0 Å². The molecule has 8 heteroatoms. The zero-order valence-electron chi connectivity index (χ0n) is 24.6. The molecule has 220 valence electrons. The van der Waals surface area contributed by atoms with Gasteiger partial charge in [-0.05, 0) is 61.3 Å². The molecule has 0 aliphatic carbocycles. The Kier molecular flexibility index (Phi) is 10.5. The standard InChI is InChI=1S/C34H40N4O4/c1-23(2)21-29(38(3)4)33(40)37-30-31(26-13-9-6-10-14-26)42-27-17-15-24(16-18-27)19-20-35-32(39)28(36-34(30)41)22-25-11-7-5-8-12-25/h5-20,23,28-31H,21-22H2,1-4H3,(H,35,39)(H,36,41)(H,37,40). The summed E-state index contributed by atoms with van der Waals surface area (Å²) in [5.74, 6) is -0.380. The summed E-state index contributed by atoms with van der Waals surface area (Å²) < 4.78 is 6.47. The van der Waals surface area contributed by atoms with Crippen molar-refractivity contribution in [1.29, 1.82) is 0 Å². The van der Waals surface area contributed by atoms with Gasteiger partial charge in [-0.2, -0.15) is 0 Å². The number of ether oxygens (including phenoxy) is 1. The number of nitrogens with zero attached hydrogens (tertiary/aromatic N) is 1. The number of rotatable bonds is 8. The van der Waals surface area contributed by atoms with E-state index in [1.807, 2.05) is 91.8 Å². The average molecular weight is 569 g/mol. The molecule has 4 atom stereocenters. The van der Waals surface area contributed by atoms with Crippen molar-refractivity contribution in [1.82, 2.24) is 20.9 Å². The van der Waals surface area contributed by atoms with Crippen LogP contribution in [0.5, 0.6) is 5.75 Å². The van der Waals surface area contributed by atoms with Crippen molar-refractivity contribution in [2.75, 3.05) is 14.1 Å². The molecule has 0 aromatic heterocycles. The van der Waals surface area contributed by atoms with E-state index < -0.39 is 30.1 Å². The van der Waals surface area contributed by atoms with Gasteiger partial charge in [0.25, 0.3) is 0 Å². The quantitative estimate of drug-likeness (QED) is 0.380. The van der Waals surface area contributed by atoms with E-state index >= 15 is 0 Å². The molecule has 0 fully saturated rings. The first-order chi connectivity index (χ1) is 20.2. The van der Waals surface area contributed by atoms with Crippen LogP contribution in [0, 0.1) is 5.92 Å². The maximum Gasteiger partial charge on any atom is 0.247 e. The minimum atomic E-state index is -1.14. The Bertz CT molecular complexity index is 1360. The first-order valence-corrected chi connectivity index (χ1v) is 14.3. The lowest BCUT2D eigenvalue weighted by molar-refractivity contribution is -0.135. The lowest BCUT2D eigenvalue weighted by Gasteiger charge is -2.32. The molecule has 0 radical (unpaired) electrons. The number of fused-ring (bicyclic) bond motifs is 10. The molecule has 2 bridgehead atoms. The van der Waals surface area contributed by atoms with Crippen LogP contribution < -0.4 is 20.7 Å². The molecule has 0 saturated carbocycles. The van der Waals surface area contributed by atoms with E-state index in [1.165, 1.54) is 0 Å². The minimum Gasteiger partial charge on any atom is -0.483 e. The second-order valence-electron chi connectivity index (χ2n) is 11.2. The Balaban J connectivity index is 1.78. The van der Waals surface area contributed by atoms with Crippen LogP contribution in [-0.4, -0.2) is 54.8 Å². The van der Waals surface area contributed by atoms with Crippen LogP contribution in [0.1, 0.15) is 43.1 Å². The maximum absolute atomic E-state index is 14.2.